The van der Waals surface area contributed by atoms with Crippen LogP contribution in [0.2, 0.25) is 10.0 Å². The minimum absolute atomic E-state index is 0.147. The third-order valence-electron chi connectivity index (χ3n) is 3.35. The molecule has 5 nitrogen and oxygen atoms in total. The fourth-order valence-electron chi connectivity index (χ4n) is 2.18. The van der Waals surface area contributed by atoms with Crippen molar-refractivity contribution in [2.75, 3.05) is 19.8 Å². The van der Waals surface area contributed by atoms with Gasteiger partial charge in [-0.15, -0.1) is 0 Å². The molecule has 1 aliphatic rings. The standard InChI is InChI=1S/C17H15Cl2NO4/c18-11-5-6-14(13(19)7-11)23-10-17(21)20-8-12-9-22-15-3-1-2-4-16(15)24-12/h1-7,12H,8-10H2,(H,20,21). The smallest absolute Gasteiger partial charge is 0.258 e. The van der Waals surface area contributed by atoms with Crippen molar-refractivity contribution in [3.8, 4) is 17.2 Å². The molecule has 0 spiro atoms. The maximum absolute atomic E-state index is 11.9. The molecule has 1 heterocycles. The van der Waals surface area contributed by atoms with Crippen LogP contribution in [-0.4, -0.2) is 31.8 Å². The van der Waals surface area contributed by atoms with Crippen molar-refractivity contribution in [2.24, 2.45) is 0 Å². The molecular formula is C17H15Cl2NO4. The number of halogens is 2. The van der Waals surface area contributed by atoms with E-state index in [0.29, 0.717) is 40.4 Å². The van der Waals surface area contributed by atoms with Gasteiger partial charge in [0.25, 0.3) is 5.91 Å². The average molecular weight is 368 g/mol. The number of ether oxygens (including phenoxy) is 3. The molecule has 24 heavy (non-hydrogen) atoms. The molecule has 7 heteroatoms. The maximum atomic E-state index is 11.9. The Bertz CT molecular complexity index is 738. The fourth-order valence-corrected chi connectivity index (χ4v) is 2.64. The molecule has 1 atom stereocenters. The normalized spacial score (nSPS) is 15.7. The molecule has 126 valence electrons. The lowest BCUT2D eigenvalue weighted by atomic mass is 10.2. The molecule has 2 aromatic rings. The highest BCUT2D eigenvalue weighted by Gasteiger charge is 2.21. The lowest BCUT2D eigenvalue weighted by molar-refractivity contribution is -0.123. The lowest BCUT2D eigenvalue weighted by Gasteiger charge is -2.26. The second-order valence-electron chi connectivity index (χ2n) is 5.17. The summed E-state index contributed by atoms with van der Waals surface area (Å²) >= 11 is 11.8. The number of amides is 1. The Labute approximate surface area is 149 Å². The van der Waals surface area contributed by atoms with Crippen LogP contribution in [0.15, 0.2) is 42.5 Å². The predicted octanol–water partition coefficient (Wildman–Crippen LogP) is 3.33. The van der Waals surface area contributed by atoms with E-state index in [0.717, 1.165) is 0 Å². The molecule has 0 aromatic heterocycles. The van der Waals surface area contributed by atoms with Gasteiger partial charge in [-0.3, -0.25) is 4.79 Å². The van der Waals surface area contributed by atoms with Crippen LogP contribution < -0.4 is 19.5 Å². The number of carbonyl (C=O) groups excluding carboxylic acids is 1. The minimum Gasteiger partial charge on any atom is -0.486 e. The van der Waals surface area contributed by atoms with E-state index in [9.17, 15) is 4.79 Å². The number of para-hydroxylation sites is 2. The molecule has 0 saturated carbocycles. The van der Waals surface area contributed by atoms with Gasteiger partial charge in [0.1, 0.15) is 18.5 Å². The van der Waals surface area contributed by atoms with Crippen LogP contribution in [0.1, 0.15) is 0 Å². The highest BCUT2D eigenvalue weighted by Crippen LogP contribution is 2.30. The number of benzene rings is 2. The Morgan fingerprint density at radius 3 is 2.79 bits per heavy atom. The highest BCUT2D eigenvalue weighted by molar-refractivity contribution is 6.35. The van der Waals surface area contributed by atoms with Crippen molar-refractivity contribution in [2.45, 2.75) is 6.10 Å². The number of hydrogen-bond donors (Lipinski definition) is 1. The number of carbonyl (C=O) groups is 1. The number of rotatable bonds is 5. The van der Waals surface area contributed by atoms with E-state index in [2.05, 4.69) is 5.32 Å². The molecule has 0 aliphatic carbocycles. The SMILES string of the molecule is O=C(COc1ccc(Cl)cc1Cl)NCC1COc2ccccc2O1. The van der Waals surface area contributed by atoms with Gasteiger partial charge in [0.15, 0.2) is 18.1 Å². The molecule has 1 unspecified atom stereocenters. The fraction of sp³-hybridized carbons (Fsp3) is 0.235. The maximum Gasteiger partial charge on any atom is 0.258 e. The Morgan fingerprint density at radius 2 is 2.00 bits per heavy atom. The summed E-state index contributed by atoms with van der Waals surface area (Å²) in [7, 11) is 0. The van der Waals surface area contributed by atoms with Gasteiger partial charge in [-0.2, -0.15) is 0 Å². The summed E-state index contributed by atoms with van der Waals surface area (Å²) in [5.41, 5.74) is 0. The van der Waals surface area contributed by atoms with Crippen molar-refractivity contribution in [1.82, 2.24) is 5.32 Å². The third-order valence-corrected chi connectivity index (χ3v) is 3.88. The van der Waals surface area contributed by atoms with Gasteiger partial charge in [-0.1, -0.05) is 35.3 Å². The van der Waals surface area contributed by atoms with Gasteiger partial charge in [-0.25, -0.2) is 0 Å². The van der Waals surface area contributed by atoms with Gasteiger partial charge in [0.05, 0.1) is 11.6 Å². The van der Waals surface area contributed by atoms with Crippen LogP contribution in [0.25, 0.3) is 0 Å². The number of fused-ring (bicyclic) bond motifs is 1. The van der Waals surface area contributed by atoms with Gasteiger partial charge >= 0.3 is 0 Å². The first-order valence-corrected chi connectivity index (χ1v) is 8.10. The first kappa shape index (κ1) is 16.7. The zero-order valence-electron chi connectivity index (χ0n) is 12.6. The van der Waals surface area contributed by atoms with Crippen molar-refractivity contribution in [3.05, 3.63) is 52.5 Å². The second kappa shape index (κ2) is 7.64. The van der Waals surface area contributed by atoms with E-state index in [1.165, 1.54) is 0 Å². The van der Waals surface area contributed by atoms with Gasteiger partial charge in [-0.05, 0) is 30.3 Å². The van der Waals surface area contributed by atoms with Gasteiger partial charge < -0.3 is 19.5 Å². The van der Waals surface area contributed by atoms with E-state index in [1.54, 1.807) is 18.2 Å². The van der Waals surface area contributed by atoms with E-state index >= 15 is 0 Å². The summed E-state index contributed by atoms with van der Waals surface area (Å²) < 4.78 is 16.7. The quantitative estimate of drug-likeness (QED) is 0.880. The topological polar surface area (TPSA) is 56.8 Å². The highest BCUT2D eigenvalue weighted by atomic mass is 35.5. The van der Waals surface area contributed by atoms with Crippen LogP contribution in [0.3, 0.4) is 0 Å². The predicted molar refractivity (Wildman–Crippen MR) is 91.3 cm³/mol. The zero-order chi connectivity index (χ0) is 16.9. The van der Waals surface area contributed by atoms with Crippen LogP contribution in [0.5, 0.6) is 17.2 Å². The molecule has 0 radical (unpaired) electrons. The molecule has 1 N–H and O–H groups in total. The summed E-state index contributed by atoms with van der Waals surface area (Å²) in [4.78, 5) is 11.9. The van der Waals surface area contributed by atoms with Crippen molar-refractivity contribution < 1.29 is 19.0 Å². The monoisotopic (exact) mass is 367 g/mol. The molecule has 0 fully saturated rings. The summed E-state index contributed by atoms with van der Waals surface area (Å²) in [6.45, 7) is 0.553. The number of hydrogen-bond acceptors (Lipinski definition) is 4. The Kier molecular flexibility index (Phi) is 5.33. The Hall–Kier alpha value is -2.11. The second-order valence-corrected chi connectivity index (χ2v) is 6.01. The molecule has 0 bridgehead atoms. The molecule has 0 saturated heterocycles. The van der Waals surface area contributed by atoms with Crippen LogP contribution in [0, 0.1) is 0 Å². The van der Waals surface area contributed by atoms with E-state index in [-0.39, 0.29) is 18.6 Å². The van der Waals surface area contributed by atoms with Gasteiger partial charge in [0, 0.05) is 5.02 Å². The van der Waals surface area contributed by atoms with E-state index < -0.39 is 0 Å². The Balaban J connectivity index is 1.45. The minimum atomic E-state index is -0.275. The van der Waals surface area contributed by atoms with Crippen molar-refractivity contribution in [3.63, 3.8) is 0 Å². The summed E-state index contributed by atoms with van der Waals surface area (Å²) in [6.07, 6.45) is -0.247. The van der Waals surface area contributed by atoms with E-state index in [4.69, 9.17) is 37.4 Å². The summed E-state index contributed by atoms with van der Waals surface area (Å²) in [5.74, 6) is 1.51. The molecule has 2 aromatic carbocycles. The van der Waals surface area contributed by atoms with Gasteiger partial charge in [0.2, 0.25) is 0 Å². The van der Waals surface area contributed by atoms with Crippen molar-refractivity contribution >= 4 is 29.1 Å². The lowest BCUT2D eigenvalue weighted by Crippen LogP contribution is -2.42. The molecular weight excluding hydrogens is 353 g/mol. The Morgan fingerprint density at radius 1 is 1.21 bits per heavy atom. The van der Waals surface area contributed by atoms with E-state index in [1.807, 2.05) is 24.3 Å². The van der Waals surface area contributed by atoms with Crippen LogP contribution in [-0.2, 0) is 4.79 Å². The summed E-state index contributed by atoms with van der Waals surface area (Å²) in [6, 6.07) is 12.2. The molecule has 1 amide bonds. The summed E-state index contributed by atoms with van der Waals surface area (Å²) in [5, 5.41) is 3.61. The first-order valence-electron chi connectivity index (χ1n) is 7.35. The average Bonchev–Trinajstić information content (AvgIpc) is 2.59. The number of nitrogens with one attached hydrogen (secondary N) is 1. The molecule has 1 aliphatic heterocycles. The zero-order valence-corrected chi connectivity index (χ0v) is 14.1. The van der Waals surface area contributed by atoms with Crippen LogP contribution >= 0.6 is 23.2 Å². The largest absolute Gasteiger partial charge is 0.486 e. The molecule has 3 rings (SSSR count). The first-order chi connectivity index (χ1) is 11.6. The van der Waals surface area contributed by atoms with Crippen LogP contribution in [0.4, 0.5) is 0 Å². The van der Waals surface area contributed by atoms with Crippen molar-refractivity contribution in [1.29, 1.82) is 0 Å². The third kappa shape index (κ3) is 4.24.